The molecule has 1 aromatic heterocycles. The van der Waals surface area contributed by atoms with E-state index in [0.29, 0.717) is 10.8 Å². The van der Waals surface area contributed by atoms with Crippen LogP contribution in [-0.4, -0.2) is 46.6 Å². The molecule has 4 rings (SSSR count). The summed E-state index contributed by atoms with van der Waals surface area (Å²) in [7, 11) is -3.90. The van der Waals surface area contributed by atoms with Crippen molar-refractivity contribution in [1.29, 1.82) is 0 Å². The van der Waals surface area contributed by atoms with Gasteiger partial charge in [-0.05, 0) is 23.8 Å². The monoisotopic (exact) mass is 549 g/mol. The molecule has 11 nitrogen and oxygen atoms in total. The molecule has 3 aromatic carbocycles. The van der Waals surface area contributed by atoms with Gasteiger partial charge in [0, 0.05) is 29.9 Å². The van der Waals surface area contributed by atoms with Crippen molar-refractivity contribution in [2.75, 3.05) is 18.5 Å². The Hall–Kier alpha value is -4.55. The highest BCUT2D eigenvalue weighted by Crippen LogP contribution is 2.29. The van der Waals surface area contributed by atoms with Crippen LogP contribution in [0.4, 0.5) is 11.4 Å². The summed E-state index contributed by atoms with van der Waals surface area (Å²) in [6, 6.07) is 19.4. The number of nitro benzene ring substituents is 1. The second-order valence-corrected chi connectivity index (χ2v) is 10.5. The highest BCUT2D eigenvalue weighted by Gasteiger charge is 2.25. The Morgan fingerprint density at radius 3 is 2.31 bits per heavy atom. The van der Waals surface area contributed by atoms with Gasteiger partial charge in [0.05, 0.1) is 28.1 Å². The number of sulfonamides is 1. The summed E-state index contributed by atoms with van der Waals surface area (Å²) in [5, 5.41) is 27.7. The second kappa shape index (κ2) is 11.5. The zero-order valence-corrected chi connectivity index (χ0v) is 22.1. The van der Waals surface area contributed by atoms with E-state index < -0.39 is 20.6 Å². The Kier molecular flexibility index (Phi) is 8.07. The molecule has 202 valence electrons. The van der Waals surface area contributed by atoms with Gasteiger partial charge in [-0.1, -0.05) is 62.4 Å². The lowest BCUT2D eigenvalue weighted by atomic mass is 10.1. The minimum atomic E-state index is -3.90. The van der Waals surface area contributed by atoms with Crippen molar-refractivity contribution in [2.24, 2.45) is 5.10 Å². The molecule has 0 saturated heterocycles. The summed E-state index contributed by atoms with van der Waals surface area (Å²) in [5.41, 5.74) is 2.71. The zero-order chi connectivity index (χ0) is 28.2. The van der Waals surface area contributed by atoms with Crippen molar-refractivity contribution in [3.05, 3.63) is 104 Å². The van der Waals surface area contributed by atoms with Crippen LogP contribution >= 0.6 is 0 Å². The van der Waals surface area contributed by atoms with Crippen LogP contribution in [0.3, 0.4) is 0 Å². The van der Waals surface area contributed by atoms with Gasteiger partial charge in [-0.15, -0.1) is 0 Å². The van der Waals surface area contributed by atoms with E-state index in [1.807, 2.05) is 30.3 Å². The minimum Gasteiger partial charge on any atom is -0.494 e. The first-order chi connectivity index (χ1) is 18.7. The molecule has 0 radical (unpaired) electrons. The lowest BCUT2D eigenvalue weighted by Crippen LogP contribution is -2.30. The molecule has 12 heteroatoms. The molecular formula is C27H27N5O6S. The van der Waals surface area contributed by atoms with E-state index in [-0.39, 0.29) is 47.2 Å². The van der Waals surface area contributed by atoms with E-state index in [0.717, 1.165) is 11.6 Å². The van der Waals surface area contributed by atoms with Crippen LogP contribution in [0.1, 0.15) is 25.0 Å². The van der Waals surface area contributed by atoms with Crippen LogP contribution in [0.2, 0.25) is 0 Å². The van der Waals surface area contributed by atoms with Crippen LogP contribution in [0.5, 0.6) is 5.88 Å². The van der Waals surface area contributed by atoms with E-state index in [1.165, 1.54) is 27.2 Å². The zero-order valence-electron chi connectivity index (χ0n) is 21.3. The number of anilines is 1. The quantitative estimate of drug-likeness (QED) is 0.172. The van der Waals surface area contributed by atoms with Gasteiger partial charge in [0.25, 0.3) is 11.2 Å². The number of pyridine rings is 1. The molecule has 4 aromatic rings. The average Bonchev–Trinajstić information content (AvgIpc) is 2.94. The predicted molar refractivity (Wildman–Crippen MR) is 150 cm³/mol. The Morgan fingerprint density at radius 2 is 1.67 bits per heavy atom. The van der Waals surface area contributed by atoms with Crippen molar-refractivity contribution < 1.29 is 18.4 Å². The number of fused-ring (bicyclic) bond motifs is 1. The standard InChI is InChI=1S/C27H27N5O6S/c1-3-30(4-2)39(37,38)20-14-15-24(25(16-20)32(35)36)29-28-17-23-21-12-8-9-13-22(21)26(33)31(27(23)34)18-19-10-6-5-7-11-19/h5-17,29,34H,3-4,18H2,1-2H3. The molecule has 0 aliphatic rings. The first kappa shape index (κ1) is 27.5. The number of hydrogen-bond acceptors (Lipinski definition) is 8. The third-order valence-corrected chi connectivity index (χ3v) is 8.31. The topological polar surface area (TPSA) is 147 Å². The third-order valence-electron chi connectivity index (χ3n) is 6.26. The fourth-order valence-corrected chi connectivity index (χ4v) is 5.73. The molecule has 0 aliphatic carbocycles. The van der Waals surface area contributed by atoms with Crippen molar-refractivity contribution in [3.63, 3.8) is 0 Å². The molecule has 0 saturated carbocycles. The van der Waals surface area contributed by atoms with Crippen molar-refractivity contribution in [2.45, 2.75) is 25.3 Å². The fraction of sp³-hybridized carbons (Fsp3) is 0.185. The summed E-state index contributed by atoms with van der Waals surface area (Å²) in [5.74, 6) is -0.316. The molecule has 0 aliphatic heterocycles. The van der Waals surface area contributed by atoms with Crippen molar-refractivity contribution in [3.8, 4) is 5.88 Å². The minimum absolute atomic E-state index is 0.0452. The molecule has 0 amide bonds. The summed E-state index contributed by atoms with van der Waals surface area (Å²) in [6.07, 6.45) is 1.27. The Morgan fingerprint density at radius 1 is 1.03 bits per heavy atom. The largest absolute Gasteiger partial charge is 0.494 e. The number of benzene rings is 3. The highest BCUT2D eigenvalue weighted by molar-refractivity contribution is 7.89. The summed E-state index contributed by atoms with van der Waals surface area (Å²) in [4.78, 5) is 24.0. The highest BCUT2D eigenvalue weighted by atomic mass is 32.2. The van der Waals surface area contributed by atoms with Crippen molar-refractivity contribution >= 4 is 38.4 Å². The molecule has 0 atom stereocenters. The van der Waals surface area contributed by atoms with Gasteiger partial charge < -0.3 is 5.11 Å². The van der Waals surface area contributed by atoms with Gasteiger partial charge in [0.1, 0.15) is 5.69 Å². The van der Waals surface area contributed by atoms with Gasteiger partial charge in [-0.3, -0.25) is 24.9 Å². The van der Waals surface area contributed by atoms with E-state index >= 15 is 0 Å². The van der Waals surface area contributed by atoms with E-state index in [9.17, 15) is 28.4 Å². The maximum absolute atomic E-state index is 13.1. The van der Waals surface area contributed by atoms with Crippen LogP contribution in [0.15, 0.2) is 87.6 Å². The summed E-state index contributed by atoms with van der Waals surface area (Å²) < 4.78 is 28.1. The van der Waals surface area contributed by atoms with E-state index in [1.54, 1.807) is 38.1 Å². The first-order valence-corrected chi connectivity index (χ1v) is 13.6. The van der Waals surface area contributed by atoms with Gasteiger partial charge in [0.2, 0.25) is 15.9 Å². The predicted octanol–water partition coefficient (Wildman–Crippen LogP) is 4.14. The number of nitrogens with one attached hydrogen (secondary N) is 1. The van der Waals surface area contributed by atoms with Gasteiger partial charge in [-0.2, -0.15) is 9.41 Å². The molecule has 39 heavy (non-hydrogen) atoms. The number of hydrogen-bond donors (Lipinski definition) is 2. The molecule has 0 bridgehead atoms. The average molecular weight is 550 g/mol. The van der Waals surface area contributed by atoms with E-state index in [2.05, 4.69) is 10.5 Å². The maximum atomic E-state index is 13.1. The molecule has 0 fully saturated rings. The maximum Gasteiger partial charge on any atom is 0.295 e. The summed E-state index contributed by atoms with van der Waals surface area (Å²) >= 11 is 0. The Bertz CT molecular complexity index is 1710. The van der Waals surface area contributed by atoms with Gasteiger partial charge >= 0.3 is 0 Å². The molecular weight excluding hydrogens is 522 g/mol. The normalized spacial score (nSPS) is 11.9. The number of nitro groups is 1. The van der Waals surface area contributed by atoms with Gasteiger partial charge in [-0.25, -0.2) is 8.42 Å². The number of rotatable bonds is 10. The van der Waals surface area contributed by atoms with Crippen LogP contribution in [0.25, 0.3) is 10.8 Å². The fourth-order valence-electron chi connectivity index (χ4n) is 4.25. The number of aromatic nitrogens is 1. The Labute approximate surface area is 224 Å². The second-order valence-electron chi connectivity index (χ2n) is 8.56. The first-order valence-electron chi connectivity index (χ1n) is 12.1. The molecule has 2 N–H and O–H groups in total. The van der Waals surface area contributed by atoms with Crippen LogP contribution in [-0.2, 0) is 16.6 Å². The number of hydrazone groups is 1. The van der Waals surface area contributed by atoms with E-state index in [4.69, 9.17) is 0 Å². The molecule has 0 spiro atoms. The molecule has 0 unspecified atom stereocenters. The van der Waals surface area contributed by atoms with Gasteiger partial charge in [0.15, 0.2) is 0 Å². The van der Waals surface area contributed by atoms with Crippen molar-refractivity contribution in [1.82, 2.24) is 8.87 Å². The number of aromatic hydroxyl groups is 1. The van der Waals surface area contributed by atoms with Crippen LogP contribution in [0, 0.1) is 10.1 Å². The Balaban J connectivity index is 1.73. The lowest BCUT2D eigenvalue weighted by Gasteiger charge is -2.18. The SMILES string of the molecule is CCN(CC)S(=O)(=O)c1ccc(NN=Cc2c(O)n(Cc3ccccc3)c(=O)c3ccccc23)c([N+](=O)[O-])c1. The van der Waals surface area contributed by atoms with Crippen LogP contribution < -0.4 is 11.0 Å². The third kappa shape index (κ3) is 5.52. The number of nitrogens with zero attached hydrogens (tertiary/aromatic N) is 4. The smallest absolute Gasteiger partial charge is 0.295 e. The summed E-state index contributed by atoms with van der Waals surface area (Å²) in [6.45, 7) is 3.93. The molecule has 1 heterocycles. The lowest BCUT2D eigenvalue weighted by molar-refractivity contribution is -0.384.